The molecule has 1 fully saturated rings. The average Bonchev–Trinajstić information content (AvgIpc) is 2.75. The van der Waals surface area contributed by atoms with E-state index in [2.05, 4.69) is 43.4 Å². The maximum atomic E-state index is 12.6. The van der Waals surface area contributed by atoms with Crippen LogP contribution in [0.15, 0.2) is 47.1 Å². The van der Waals surface area contributed by atoms with E-state index in [1.807, 2.05) is 37.3 Å². The van der Waals surface area contributed by atoms with Crippen molar-refractivity contribution in [3.63, 3.8) is 0 Å². The minimum absolute atomic E-state index is 0.00686. The molecular weight excluding hydrogens is 432 g/mol. The lowest BCUT2D eigenvalue weighted by molar-refractivity contribution is -0.123. The summed E-state index contributed by atoms with van der Waals surface area (Å²) < 4.78 is 0.873. The molecule has 6 nitrogen and oxygen atoms in total. The summed E-state index contributed by atoms with van der Waals surface area (Å²) in [5.74, 6) is 0.472. The van der Waals surface area contributed by atoms with E-state index in [4.69, 9.17) is 0 Å². The maximum absolute atomic E-state index is 12.6. The number of hydrogen-bond donors (Lipinski definition) is 2. The lowest BCUT2D eigenvalue weighted by atomic mass is 9.95. The summed E-state index contributed by atoms with van der Waals surface area (Å²) in [6.45, 7) is 5.46. The Morgan fingerprint density at radius 1 is 1.14 bits per heavy atom. The van der Waals surface area contributed by atoms with Crippen molar-refractivity contribution in [2.24, 2.45) is 5.92 Å². The molecule has 3 rings (SSSR count). The number of anilines is 2. The summed E-state index contributed by atoms with van der Waals surface area (Å²) in [4.78, 5) is 31.4. The van der Waals surface area contributed by atoms with Crippen LogP contribution in [0.25, 0.3) is 0 Å². The largest absolute Gasteiger partial charge is 0.325 e. The Bertz CT molecular complexity index is 831. The zero-order chi connectivity index (χ0) is 20.8. The van der Waals surface area contributed by atoms with Crippen molar-refractivity contribution < 1.29 is 9.59 Å². The molecule has 7 heteroatoms. The molecule has 1 aliphatic rings. The van der Waals surface area contributed by atoms with Crippen molar-refractivity contribution >= 4 is 39.2 Å². The molecule has 2 amide bonds. The highest BCUT2D eigenvalue weighted by Crippen LogP contribution is 2.22. The van der Waals surface area contributed by atoms with Crippen LogP contribution in [0.4, 0.5) is 11.5 Å². The summed E-state index contributed by atoms with van der Waals surface area (Å²) in [5, 5.41) is 5.87. The van der Waals surface area contributed by atoms with E-state index in [0.29, 0.717) is 5.82 Å². The molecule has 2 aromatic rings. The number of rotatable bonds is 6. The van der Waals surface area contributed by atoms with E-state index in [1.165, 1.54) is 5.56 Å². The lowest BCUT2D eigenvalue weighted by Crippen LogP contribution is -2.47. The van der Waals surface area contributed by atoms with Crippen LogP contribution in [0, 0.1) is 5.92 Å². The summed E-state index contributed by atoms with van der Waals surface area (Å²) in [5.41, 5.74) is 2.06. The van der Waals surface area contributed by atoms with Gasteiger partial charge in [0.15, 0.2) is 0 Å². The summed E-state index contributed by atoms with van der Waals surface area (Å²) >= 11 is 3.33. The van der Waals surface area contributed by atoms with Gasteiger partial charge in [-0.3, -0.25) is 14.5 Å². The Labute approximate surface area is 180 Å². The van der Waals surface area contributed by atoms with Crippen molar-refractivity contribution in [3.8, 4) is 0 Å². The van der Waals surface area contributed by atoms with Gasteiger partial charge in [-0.15, -0.1) is 0 Å². The fourth-order valence-corrected chi connectivity index (χ4v) is 3.70. The normalized spacial score (nSPS) is 16.2. The second kappa shape index (κ2) is 9.98. The molecule has 0 spiro atoms. The first-order valence-electron chi connectivity index (χ1n) is 10.0. The standard InChI is InChI=1S/C22H27BrN4O2/c1-3-16-4-7-19(8-5-16)25-21(28)15(2)27-12-10-17(11-13-27)22(29)26-20-9-6-18(23)14-24-20/h4-9,14-15,17H,3,10-13H2,1-2H3,(H,25,28)(H,24,26,29). The Kier molecular flexibility index (Phi) is 7.39. The van der Waals surface area contributed by atoms with Crippen molar-refractivity contribution in [1.29, 1.82) is 0 Å². The highest BCUT2D eigenvalue weighted by molar-refractivity contribution is 9.10. The van der Waals surface area contributed by atoms with E-state index in [-0.39, 0.29) is 23.8 Å². The predicted octanol–water partition coefficient (Wildman–Crippen LogP) is 4.08. The average molecular weight is 459 g/mol. The number of nitrogens with one attached hydrogen (secondary N) is 2. The monoisotopic (exact) mass is 458 g/mol. The van der Waals surface area contributed by atoms with E-state index >= 15 is 0 Å². The second-order valence-electron chi connectivity index (χ2n) is 7.38. The molecule has 1 aliphatic heterocycles. The van der Waals surface area contributed by atoms with Gasteiger partial charge in [0.25, 0.3) is 0 Å². The summed E-state index contributed by atoms with van der Waals surface area (Å²) in [6, 6.07) is 11.3. The molecule has 2 heterocycles. The summed E-state index contributed by atoms with van der Waals surface area (Å²) in [7, 11) is 0. The molecule has 0 bridgehead atoms. The third-order valence-corrected chi connectivity index (χ3v) is 5.90. The van der Waals surface area contributed by atoms with Crippen LogP contribution in [0.3, 0.4) is 0 Å². The van der Waals surface area contributed by atoms with Crippen LogP contribution in [0.2, 0.25) is 0 Å². The highest BCUT2D eigenvalue weighted by atomic mass is 79.9. The van der Waals surface area contributed by atoms with Crippen LogP contribution in [0.1, 0.15) is 32.3 Å². The third kappa shape index (κ3) is 5.87. The Morgan fingerprint density at radius 2 is 1.83 bits per heavy atom. The van der Waals surface area contributed by atoms with Crippen molar-refractivity contribution in [2.75, 3.05) is 23.7 Å². The third-order valence-electron chi connectivity index (χ3n) is 5.44. The zero-order valence-corrected chi connectivity index (χ0v) is 18.4. The summed E-state index contributed by atoms with van der Waals surface area (Å²) in [6.07, 6.45) is 4.09. The van der Waals surface area contributed by atoms with Gasteiger partial charge in [-0.1, -0.05) is 19.1 Å². The first-order chi connectivity index (χ1) is 14.0. The number of nitrogens with zero attached hydrogens (tertiary/aromatic N) is 2. The van der Waals surface area contributed by atoms with E-state index in [0.717, 1.165) is 42.5 Å². The topological polar surface area (TPSA) is 74.3 Å². The number of aromatic nitrogens is 1. The molecule has 0 radical (unpaired) electrons. The molecule has 1 aromatic heterocycles. The van der Waals surface area contributed by atoms with Crippen LogP contribution in [-0.4, -0.2) is 40.8 Å². The van der Waals surface area contributed by atoms with Gasteiger partial charge in [0.05, 0.1) is 6.04 Å². The molecule has 29 heavy (non-hydrogen) atoms. The SMILES string of the molecule is CCc1ccc(NC(=O)C(C)N2CCC(C(=O)Nc3ccc(Br)cn3)CC2)cc1. The van der Waals surface area contributed by atoms with Gasteiger partial charge in [0.2, 0.25) is 11.8 Å². The molecule has 2 N–H and O–H groups in total. The molecule has 1 aromatic carbocycles. The van der Waals surface area contributed by atoms with Gasteiger partial charge in [-0.05, 0) is 85.0 Å². The van der Waals surface area contributed by atoms with Crippen LogP contribution in [0.5, 0.6) is 0 Å². The van der Waals surface area contributed by atoms with Gasteiger partial charge in [0.1, 0.15) is 5.82 Å². The molecule has 154 valence electrons. The number of pyridine rings is 1. The zero-order valence-electron chi connectivity index (χ0n) is 16.8. The molecule has 0 saturated carbocycles. The first-order valence-corrected chi connectivity index (χ1v) is 10.8. The fraction of sp³-hybridized carbons (Fsp3) is 0.409. The molecular formula is C22H27BrN4O2. The molecule has 1 saturated heterocycles. The van der Waals surface area contributed by atoms with Gasteiger partial charge in [-0.25, -0.2) is 4.98 Å². The van der Waals surface area contributed by atoms with Crippen molar-refractivity contribution in [1.82, 2.24) is 9.88 Å². The predicted molar refractivity (Wildman–Crippen MR) is 119 cm³/mol. The molecule has 1 atom stereocenters. The lowest BCUT2D eigenvalue weighted by Gasteiger charge is -2.34. The number of carbonyl (C=O) groups excluding carboxylic acids is 2. The number of carbonyl (C=O) groups is 2. The Morgan fingerprint density at radius 3 is 2.41 bits per heavy atom. The Balaban J connectivity index is 1.47. The van der Waals surface area contributed by atoms with Crippen LogP contribution < -0.4 is 10.6 Å². The fourth-order valence-electron chi connectivity index (χ4n) is 3.46. The van der Waals surface area contributed by atoms with Gasteiger partial charge in [-0.2, -0.15) is 0 Å². The quantitative estimate of drug-likeness (QED) is 0.683. The Hall–Kier alpha value is -2.25. The second-order valence-corrected chi connectivity index (χ2v) is 8.29. The molecule has 0 aliphatic carbocycles. The molecule has 1 unspecified atom stereocenters. The number of benzene rings is 1. The van der Waals surface area contributed by atoms with Crippen LogP contribution >= 0.6 is 15.9 Å². The first kappa shape index (κ1) is 21.5. The minimum Gasteiger partial charge on any atom is -0.325 e. The number of hydrogen-bond acceptors (Lipinski definition) is 4. The van der Waals surface area contributed by atoms with Crippen molar-refractivity contribution in [2.45, 2.75) is 39.2 Å². The smallest absolute Gasteiger partial charge is 0.241 e. The highest BCUT2D eigenvalue weighted by Gasteiger charge is 2.30. The van der Waals surface area contributed by atoms with E-state index < -0.39 is 0 Å². The van der Waals surface area contributed by atoms with Gasteiger partial charge < -0.3 is 10.6 Å². The number of piperidine rings is 1. The maximum Gasteiger partial charge on any atom is 0.241 e. The van der Waals surface area contributed by atoms with Crippen molar-refractivity contribution in [3.05, 3.63) is 52.6 Å². The van der Waals surface area contributed by atoms with E-state index in [1.54, 1.807) is 12.3 Å². The van der Waals surface area contributed by atoms with E-state index in [9.17, 15) is 9.59 Å². The number of amides is 2. The number of aryl methyl sites for hydroxylation is 1. The van der Waals surface area contributed by atoms with Crippen LogP contribution in [-0.2, 0) is 16.0 Å². The number of likely N-dealkylation sites (tertiary alicyclic amines) is 1. The minimum atomic E-state index is -0.238. The number of halogens is 1. The van der Waals surface area contributed by atoms with Gasteiger partial charge in [0, 0.05) is 22.3 Å². The van der Waals surface area contributed by atoms with Gasteiger partial charge >= 0.3 is 0 Å².